The number of carboxylic acids is 1. The van der Waals surface area contributed by atoms with Crippen LogP contribution in [0.5, 0.6) is 0 Å². The lowest BCUT2D eigenvalue weighted by Gasteiger charge is -2.40. The highest BCUT2D eigenvalue weighted by atomic mass is 32.2. The molecule has 5 heteroatoms. The second-order valence-electron chi connectivity index (χ2n) is 5.64. The minimum absolute atomic E-state index is 0.0594. The van der Waals surface area contributed by atoms with Crippen molar-refractivity contribution in [3.8, 4) is 0 Å². The van der Waals surface area contributed by atoms with Gasteiger partial charge in [-0.05, 0) is 24.9 Å². The van der Waals surface area contributed by atoms with E-state index >= 15 is 0 Å². The van der Waals surface area contributed by atoms with Gasteiger partial charge in [0.05, 0.1) is 4.87 Å². The Morgan fingerprint density at radius 3 is 2.95 bits per heavy atom. The molecule has 20 heavy (non-hydrogen) atoms. The number of likely N-dealkylation sites (tertiary alicyclic amines) is 1. The van der Waals surface area contributed by atoms with E-state index in [1.165, 1.54) is 5.56 Å². The maximum Gasteiger partial charge on any atom is 0.321 e. The summed E-state index contributed by atoms with van der Waals surface area (Å²) in [6.07, 6.45) is 2.19. The van der Waals surface area contributed by atoms with Crippen LogP contribution in [0, 0.1) is 0 Å². The first-order valence-corrected chi connectivity index (χ1v) is 8.06. The molecule has 0 saturated carbocycles. The van der Waals surface area contributed by atoms with Crippen LogP contribution in [0.2, 0.25) is 0 Å². The van der Waals surface area contributed by atoms with Crippen LogP contribution in [0.1, 0.15) is 18.4 Å². The van der Waals surface area contributed by atoms with Gasteiger partial charge >= 0.3 is 5.97 Å². The van der Waals surface area contributed by atoms with Crippen molar-refractivity contribution in [2.45, 2.75) is 30.3 Å². The number of carbonyl (C=O) groups is 1. The molecule has 2 fully saturated rings. The molecule has 1 spiro atoms. The molecule has 2 aliphatic heterocycles. The Morgan fingerprint density at radius 1 is 1.45 bits per heavy atom. The van der Waals surface area contributed by atoms with Crippen molar-refractivity contribution in [2.24, 2.45) is 0 Å². The lowest BCUT2D eigenvalue weighted by Crippen LogP contribution is -2.54. The molecule has 1 aromatic rings. The first-order chi connectivity index (χ1) is 9.67. The van der Waals surface area contributed by atoms with Gasteiger partial charge in [0.1, 0.15) is 6.04 Å². The molecule has 108 valence electrons. The first-order valence-electron chi connectivity index (χ1n) is 7.08. The van der Waals surface area contributed by atoms with E-state index in [1.807, 2.05) is 6.07 Å². The van der Waals surface area contributed by atoms with Crippen LogP contribution in [0.4, 0.5) is 0 Å². The average molecular weight is 292 g/mol. The maximum atomic E-state index is 11.1. The molecule has 2 saturated heterocycles. The van der Waals surface area contributed by atoms with Gasteiger partial charge in [-0.1, -0.05) is 30.3 Å². The topological polar surface area (TPSA) is 52.6 Å². The second-order valence-corrected chi connectivity index (χ2v) is 7.04. The highest BCUT2D eigenvalue weighted by Crippen LogP contribution is 2.38. The number of thioether (sulfide) groups is 1. The molecule has 2 heterocycles. The van der Waals surface area contributed by atoms with Crippen LogP contribution in [0.25, 0.3) is 0 Å². The van der Waals surface area contributed by atoms with E-state index in [2.05, 4.69) is 34.5 Å². The van der Waals surface area contributed by atoms with Gasteiger partial charge in [0.25, 0.3) is 0 Å². The lowest BCUT2D eigenvalue weighted by atomic mass is 10.0. The molecule has 3 rings (SSSR count). The fourth-order valence-electron chi connectivity index (χ4n) is 3.10. The van der Waals surface area contributed by atoms with Gasteiger partial charge in [-0.15, -0.1) is 11.8 Å². The van der Waals surface area contributed by atoms with Gasteiger partial charge < -0.3 is 5.11 Å². The molecule has 0 bridgehead atoms. The quantitative estimate of drug-likeness (QED) is 0.889. The van der Waals surface area contributed by atoms with Crippen LogP contribution in [-0.2, 0) is 11.3 Å². The SMILES string of the molecule is O=C(O)[C@@H]1CS[C@]2(CCCN(Cc3ccccc3)C2)N1. The molecular weight excluding hydrogens is 272 g/mol. The summed E-state index contributed by atoms with van der Waals surface area (Å²) in [6, 6.07) is 10.1. The molecule has 4 nitrogen and oxygen atoms in total. The van der Waals surface area contributed by atoms with Crippen molar-refractivity contribution < 1.29 is 9.90 Å². The molecule has 2 aliphatic rings. The van der Waals surface area contributed by atoms with E-state index in [1.54, 1.807) is 11.8 Å². The summed E-state index contributed by atoms with van der Waals surface area (Å²) < 4.78 is 0. The van der Waals surface area contributed by atoms with Gasteiger partial charge in [-0.25, -0.2) is 0 Å². The number of carboxylic acid groups (broad SMARTS) is 1. The van der Waals surface area contributed by atoms with Crippen LogP contribution in [-0.4, -0.2) is 45.7 Å². The number of hydrogen-bond acceptors (Lipinski definition) is 4. The Kier molecular flexibility index (Phi) is 4.01. The molecular formula is C15H20N2O2S. The lowest BCUT2D eigenvalue weighted by molar-refractivity contribution is -0.139. The predicted octanol–water partition coefficient (Wildman–Crippen LogP) is 1.77. The summed E-state index contributed by atoms with van der Waals surface area (Å²) in [5.74, 6) is -0.0522. The van der Waals surface area contributed by atoms with E-state index in [0.717, 1.165) is 32.5 Å². The zero-order valence-corrected chi connectivity index (χ0v) is 12.2. The molecule has 1 aromatic carbocycles. The number of benzene rings is 1. The summed E-state index contributed by atoms with van der Waals surface area (Å²) in [7, 11) is 0. The van der Waals surface area contributed by atoms with E-state index in [9.17, 15) is 4.79 Å². The largest absolute Gasteiger partial charge is 0.480 e. The van der Waals surface area contributed by atoms with Crippen LogP contribution >= 0.6 is 11.8 Å². The molecule has 0 amide bonds. The highest BCUT2D eigenvalue weighted by molar-refractivity contribution is 8.01. The molecule has 0 aliphatic carbocycles. The summed E-state index contributed by atoms with van der Waals surface area (Å²) >= 11 is 1.78. The van der Waals surface area contributed by atoms with Crippen molar-refractivity contribution in [3.63, 3.8) is 0 Å². The Hall–Kier alpha value is -1.04. The number of nitrogens with one attached hydrogen (secondary N) is 1. The summed E-state index contributed by atoms with van der Waals surface area (Å²) in [5.41, 5.74) is 1.32. The second kappa shape index (κ2) is 5.76. The first kappa shape index (κ1) is 13.9. The number of hydrogen-bond donors (Lipinski definition) is 2. The minimum atomic E-state index is -0.727. The van der Waals surface area contributed by atoms with Crippen molar-refractivity contribution in [1.82, 2.24) is 10.2 Å². The Labute approximate surface area is 123 Å². The summed E-state index contributed by atoms with van der Waals surface area (Å²) in [6.45, 7) is 2.97. The van der Waals surface area contributed by atoms with Gasteiger partial charge in [0, 0.05) is 18.8 Å². The highest BCUT2D eigenvalue weighted by Gasteiger charge is 2.44. The van der Waals surface area contributed by atoms with Crippen molar-refractivity contribution in [1.29, 1.82) is 0 Å². The monoisotopic (exact) mass is 292 g/mol. The Balaban J connectivity index is 1.64. The summed E-state index contributed by atoms with van der Waals surface area (Å²) in [4.78, 5) is 13.5. The number of nitrogens with zero attached hydrogens (tertiary/aromatic N) is 1. The third kappa shape index (κ3) is 3.00. The summed E-state index contributed by atoms with van der Waals surface area (Å²) in [5, 5.41) is 12.5. The van der Waals surface area contributed by atoms with Crippen LogP contribution < -0.4 is 5.32 Å². The van der Waals surface area contributed by atoms with E-state index in [4.69, 9.17) is 5.11 Å². The van der Waals surface area contributed by atoms with Crippen LogP contribution in [0.15, 0.2) is 30.3 Å². The van der Waals surface area contributed by atoms with Crippen molar-refractivity contribution in [3.05, 3.63) is 35.9 Å². The normalized spacial score (nSPS) is 30.7. The van der Waals surface area contributed by atoms with Gasteiger partial charge in [0.2, 0.25) is 0 Å². The number of rotatable bonds is 3. The van der Waals surface area contributed by atoms with Crippen molar-refractivity contribution in [2.75, 3.05) is 18.8 Å². The number of piperidine rings is 1. The predicted molar refractivity (Wildman–Crippen MR) is 80.7 cm³/mol. The molecule has 0 radical (unpaired) electrons. The molecule has 2 atom stereocenters. The Bertz CT molecular complexity index is 482. The zero-order valence-electron chi connectivity index (χ0n) is 11.4. The third-order valence-corrected chi connectivity index (χ3v) is 5.55. The molecule has 0 unspecified atom stereocenters. The van der Waals surface area contributed by atoms with Gasteiger partial charge in [-0.2, -0.15) is 0 Å². The van der Waals surface area contributed by atoms with Crippen molar-refractivity contribution >= 4 is 17.7 Å². The average Bonchev–Trinajstić information content (AvgIpc) is 2.84. The standard InChI is InChI=1S/C15H20N2O2S/c18-14(19)13-10-20-15(16-13)7-4-8-17(11-15)9-12-5-2-1-3-6-12/h1-3,5-6,13,16H,4,7-11H2,(H,18,19)/t13-,15-/m0/s1. The van der Waals surface area contributed by atoms with Gasteiger partial charge in [0.15, 0.2) is 0 Å². The van der Waals surface area contributed by atoms with Gasteiger partial charge in [-0.3, -0.25) is 15.0 Å². The fraction of sp³-hybridized carbons (Fsp3) is 0.533. The zero-order chi connectivity index (χ0) is 14.0. The van der Waals surface area contributed by atoms with E-state index in [-0.39, 0.29) is 4.87 Å². The Morgan fingerprint density at radius 2 is 2.25 bits per heavy atom. The van der Waals surface area contributed by atoms with E-state index in [0.29, 0.717) is 5.75 Å². The molecule has 0 aromatic heterocycles. The number of aliphatic carboxylic acids is 1. The maximum absolute atomic E-state index is 11.1. The smallest absolute Gasteiger partial charge is 0.321 e. The van der Waals surface area contributed by atoms with Crippen LogP contribution in [0.3, 0.4) is 0 Å². The minimum Gasteiger partial charge on any atom is -0.480 e. The fourth-order valence-corrected chi connectivity index (χ4v) is 4.60. The third-order valence-electron chi connectivity index (χ3n) is 4.04. The van der Waals surface area contributed by atoms with E-state index < -0.39 is 12.0 Å². The molecule has 2 N–H and O–H groups in total.